The van der Waals surface area contributed by atoms with Gasteiger partial charge in [-0.3, -0.25) is 9.36 Å². The molecule has 2 aromatic carbocycles. The maximum atomic E-state index is 12.6. The number of aromatic nitrogens is 2. The lowest BCUT2D eigenvalue weighted by molar-refractivity contribution is -0.137. The second kappa shape index (κ2) is 6.61. The van der Waals surface area contributed by atoms with Crippen molar-refractivity contribution in [2.75, 3.05) is 0 Å². The first-order valence-electron chi connectivity index (χ1n) is 7.25. The van der Waals surface area contributed by atoms with Crippen molar-refractivity contribution >= 4 is 26.8 Å². The van der Waals surface area contributed by atoms with Crippen molar-refractivity contribution in [1.82, 2.24) is 9.55 Å². The quantitative estimate of drug-likeness (QED) is 0.709. The van der Waals surface area contributed by atoms with Gasteiger partial charge in [0.05, 0.1) is 35.4 Å². The van der Waals surface area contributed by atoms with Crippen molar-refractivity contribution in [3.63, 3.8) is 0 Å². The average molecular weight is 413 g/mol. The number of halogens is 4. The van der Waals surface area contributed by atoms with Crippen molar-refractivity contribution in [3.8, 4) is 0 Å². The third-order valence-corrected chi connectivity index (χ3v) is 4.27. The summed E-state index contributed by atoms with van der Waals surface area (Å²) in [5.74, 6) is 0. The predicted molar refractivity (Wildman–Crippen MR) is 90.1 cm³/mol. The van der Waals surface area contributed by atoms with E-state index in [0.717, 1.165) is 16.6 Å². The summed E-state index contributed by atoms with van der Waals surface area (Å²) in [6, 6.07) is 9.28. The maximum absolute atomic E-state index is 12.6. The van der Waals surface area contributed by atoms with Crippen LogP contribution in [0.5, 0.6) is 0 Å². The van der Waals surface area contributed by atoms with E-state index in [1.165, 1.54) is 23.0 Å². The van der Waals surface area contributed by atoms with E-state index in [1.54, 1.807) is 18.2 Å². The molecule has 1 aromatic heterocycles. The van der Waals surface area contributed by atoms with Crippen LogP contribution in [-0.4, -0.2) is 14.7 Å². The Balaban J connectivity index is 1.88. The van der Waals surface area contributed by atoms with E-state index in [0.29, 0.717) is 10.9 Å². The van der Waals surface area contributed by atoms with E-state index in [-0.39, 0.29) is 17.7 Å². The highest BCUT2D eigenvalue weighted by atomic mass is 79.9. The van der Waals surface area contributed by atoms with Gasteiger partial charge in [0.2, 0.25) is 0 Å². The Kier molecular flexibility index (Phi) is 4.66. The Morgan fingerprint density at radius 1 is 1.16 bits per heavy atom. The fraction of sp³-hybridized carbons (Fsp3) is 0.176. The Hall–Kier alpha value is -2.19. The number of rotatable bonds is 3. The monoisotopic (exact) mass is 412 g/mol. The van der Waals surface area contributed by atoms with Gasteiger partial charge in [-0.1, -0.05) is 28.1 Å². The normalized spacial score (nSPS) is 13.2. The van der Waals surface area contributed by atoms with E-state index in [9.17, 15) is 23.1 Å². The second-order valence-corrected chi connectivity index (χ2v) is 6.41. The van der Waals surface area contributed by atoms with Crippen LogP contribution in [0.4, 0.5) is 13.2 Å². The van der Waals surface area contributed by atoms with Crippen LogP contribution in [0.25, 0.3) is 10.9 Å². The summed E-state index contributed by atoms with van der Waals surface area (Å²) in [7, 11) is 0. The third-order valence-electron chi connectivity index (χ3n) is 3.78. The second-order valence-electron chi connectivity index (χ2n) is 5.50. The van der Waals surface area contributed by atoms with Crippen molar-refractivity contribution in [1.29, 1.82) is 0 Å². The first kappa shape index (κ1) is 17.6. The molecule has 1 atom stereocenters. The van der Waals surface area contributed by atoms with Crippen LogP contribution in [0.2, 0.25) is 0 Å². The molecule has 0 spiro atoms. The van der Waals surface area contributed by atoms with E-state index in [2.05, 4.69) is 20.9 Å². The molecule has 0 aliphatic carbocycles. The van der Waals surface area contributed by atoms with Gasteiger partial charge in [-0.05, 0) is 35.9 Å². The standard InChI is InChI=1S/C17H12BrF3N2O2/c18-12-5-6-14-13(7-12)16(25)23(9-22-14)8-15(24)10-1-3-11(4-2-10)17(19,20)21/h1-7,9,15,24H,8H2. The SMILES string of the molecule is O=c1c2cc(Br)ccc2ncn1CC(O)c1ccc(C(F)(F)F)cc1. The Morgan fingerprint density at radius 3 is 2.48 bits per heavy atom. The smallest absolute Gasteiger partial charge is 0.387 e. The molecule has 0 radical (unpaired) electrons. The van der Waals surface area contributed by atoms with Gasteiger partial charge in [-0.2, -0.15) is 13.2 Å². The number of hydrogen-bond acceptors (Lipinski definition) is 3. The van der Waals surface area contributed by atoms with E-state index in [4.69, 9.17) is 0 Å². The summed E-state index contributed by atoms with van der Waals surface area (Å²) < 4.78 is 39.7. The molecule has 1 unspecified atom stereocenters. The molecule has 3 aromatic rings. The molecule has 0 fully saturated rings. The molecule has 0 saturated carbocycles. The maximum Gasteiger partial charge on any atom is 0.416 e. The molecule has 8 heteroatoms. The summed E-state index contributed by atoms with van der Waals surface area (Å²) >= 11 is 3.28. The van der Waals surface area contributed by atoms with Crippen molar-refractivity contribution in [2.24, 2.45) is 0 Å². The van der Waals surface area contributed by atoms with Gasteiger partial charge in [-0.15, -0.1) is 0 Å². The summed E-state index contributed by atoms with van der Waals surface area (Å²) in [6.07, 6.45) is -4.26. The molecular formula is C17H12BrF3N2O2. The predicted octanol–water partition coefficient (Wildman–Crippen LogP) is 3.91. The lowest BCUT2D eigenvalue weighted by Crippen LogP contribution is -2.23. The van der Waals surface area contributed by atoms with Gasteiger partial charge >= 0.3 is 6.18 Å². The van der Waals surface area contributed by atoms with E-state index < -0.39 is 17.8 Å². The third kappa shape index (κ3) is 3.74. The molecule has 4 nitrogen and oxygen atoms in total. The molecule has 0 amide bonds. The Morgan fingerprint density at radius 2 is 1.84 bits per heavy atom. The minimum atomic E-state index is -4.43. The number of fused-ring (bicyclic) bond motifs is 1. The number of hydrogen-bond donors (Lipinski definition) is 1. The minimum absolute atomic E-state index is 0.111. The van der Waals surface area contributed by atoms with Crippen molar-refractivity contribution in [2.45, 2.75) is 18.8 Å². The number of aliphatic hydroxyl groups is 1. The largest absolute Gasteiger partial charge is 0.416 e. The van der Waals surface area contributed by atoms with Crippen molar-refractivity contribution in [3.05, 3.63) is 74.7 Å². The fourth-order valence-corrected chi connectivity index (χ4v) is 2.81. The molecular weight excluding hydrogens is 401 g/mol. The molecule has 3 rings (SSSR count). The zero-order valence-corrected chi connectivity index (χ0v) is 14.3. The van der Waals surface area contributed by atoms with Crippen LogP contribution in [0, 0.1) is 0 Å². The van der Waals surface area contributed by atoms with Crippen LogP contribution in [0.3, 0.4) is 0 Å². The summed E-state index contributed by atoms with van der Waals surface area (Å²) in [6.45, 7) is -0.111. The number of benzene rings is 2. The highest BCUT2D eigenvalue weighted by Crippen LogP contribution is 2.30. The van der Waals surface area contributed by atoms with Crippen molar-refractivity contribution < 1.29 is 18.3 Å². The van der Waals surface area contributed by atoms with Crippen LogP contribution in [-0.2, 0) is 12.7 Å². The topological polar surface area (TPSA) is 55.1 Å². The number of aliphatic hydroxyl groups excluding tert-OH is 1. The van der Waals surface area contributed by atoms with Gasteiger partial charge in [0, 0.05) is 4.47 Å². The Labute approximate surface area is 148 Å². The molecule has 130 valence electrons. The lowest BCUT2D eigenvalue weighted by Gasteiger charge is -2.14. The van der Waals surface area contributed by atoms with Gasteiger partial charge in [0.1, 0.15) is 0 Å². The van der Waals surface area contributed by atoms with Gasteiger partial charge in [-0.25, -0.2) is 4.98 Å². The summed E-state index contributed by atoms with van der Waals surface area (Å²) in [5.41, 5.74) is -0.321. The van der Waals surface area contributed by atoms with Crippen LogP contribution >= 0.6 is 15.9 Å². The zero-order chi connectivity index (χ0) is 18.2. The number of nitrogens with zero attached hydrogens (tertiary/aromatic N) is 2. The van der Waals surface area contributed by atoms with Crippen LogP contribution in [0.1, 0.15) is 17.2 Å². The zero-order valence-electron chi connectivity index (χ0n) is 12.7. The molecule has 0 saturated heterocycles. The van der Waals surface area contributed by atoms with E-state index >= 15 is 0 Å². The summed E-state index contributed by atoms with van der Waals surface area (Å²) in [5, 5.41) is 10.6. The van der Waals surface area contributed by atoms with E-state index in [1.807, 2.05) is 0 Å². The Bertz CT molecular complexity index is 968. The first-order chi connectivity index (χ1) is 11.8. The van der Waals surface area contributed by atoms with Gasteiger partial charge in [0.25, 0.3) is 5.56 Å². The highest BCUT2D eigenvalue weighted by Gasteiger charge is 2.30. The fourth-order valence-electron chi connectivity index (χ4n) is 2.45. The van der Waals surface area contributed by atoms with Gasteiger partial charge in [0.15, 0.2) is 0 Å². The van der Waals surface area contributed by atoms with Gasteiger partial charge < -0.3 is 5.11 Å². The summed E-state index contributed by atoms with van der Waals surface area (Å²) in [4.78, 5) is 16.6. The molecule has 1 N–H and O–H groups in total. The molecule has 0 bridgehead atoms. The number of alkyl halides is 3. The molecule has 0 aliphatic rings. The lowest BCUT2D eigenvalue weighted by atomic mass is 10.1. The molecule has 0 aliphatic heterocycles. The highest BCUT2D eigenvalue weighted by molar-refractivity contribution is 9.10. The molecule has 25 heavy (non-hydrogen) atoms. The minimum Gasteiger partial charge on any atom is -0.387 e. The van der Waals surface area contributed by atoms with Crippen LogP contribution < -0.4 is 5.56 Å². The molecule has 1 heterocycles. The van der Waals surface area contributed by atoms with Crippen LogP contribution in [0.15, 0.2) is 58.1 Å². The average Bonchev–Trinajstić information content (AvgIpc) is 2.57. The first-order valence-corrected chi connectivity index (χ1v) is 8.05.